The number of rotatable bonds is 6. The second-order valence-electron chi connectivity index (χ2n) is 7.13. The van der Waals surface area contributed by atoms with E-state index in [4.69, 9.17) is 4.74 Å². The van der Waals surface area contributed by atoms with E-state index in [1.54, 1.807) is 24.3 Å². The zero-order chi connectivity index (χ0) is 21.8. The summed E-state index contributed by atoms with van der Waals surface area (Å²) < 4.78 is 34.2. The molecule has 3 aromatic rings. The lowest BCUT2D eigenvalue weighted by Crippen LogP contribution is -2.35. The smallest absolute Gasteiger partial charge is 0.264 e. The summed E-state index contributed by atoms with van der Waals surface area (Å²) in [6.45, 7) is 0.269. The summed E-state index contributed by atoms with van der Waals surface area (Å²) in [5.74, 6) is 0.113. The zero-order valence-corrected chi connectivity index (χ0v) is 19.0. The quantitative estimate of drug-likeness (QED) is 0.536. The Kier molecular flexibility index (Phi) is 6.29. The SMILES string of the molecule is O=C(COc1ccc(S(=O)(=O)N2CCCc3ccccc32)cc1)Nc1cccc(Br)c1. The van der Waals surface area contributed by atoms with Crippen LogP contribution in [-0.2, 0) is 21.2 Å². The largest absolute Gasteiger partial charge is 0.484 e. The minimum atomic E-state index is -3.67. The second kappa shape index (κ2) is 9.11. The monoisotopic (exact) mass is 500 g/mol. The highest BCUT2D eigenvalue weighted by Gasteiger charge is 2.28. The minimum Gasteiger partial charge on any atom is -0.484 e. The molecule has 0 spiro atoms. The van der Waals surface area contributed by atoms with E-state index in [1.807, 2.05) is 36.4 Å². The molecule has 0 saturated carbocycles. The van der Waals surface area contributed by atoms with E-state index in [2.05, 4.69) is 21.2 Å². The molecule has 4 rings (SSSR count). The molecule has 1 heterocycles. The third kappa shape index (κ3) is 4.91. The van der Waals surface area contributed by atoms with Crippen LogP contribution in [0, 0.1) is 0 Å². The second-order valence-corrected chi connectivity index (χ2v) is 9.91. The van der Waals surface area contributed by atoms with Crippen LogP contribution in [0.15, 0.2) is 82.2 Å². The third-order valence-corrected chi connectivity index (χ3v) is 7.28. The normalized spacial score (nSPS) is 13.4. The van der Waals surface area contributed by atoms with Gasteiger partial charge < -0.3 is 10.1 Å². The van der Waals surface area contributed by atoms with Gasteiger partial charge in [0.2, 0.25) is 0 Å². The van der Waals surface area contributed by atoms with Gasteiger partial charge in [-0.3, -0.25) is 9.10 Å². The lowest BCUT2D eigenvalue weighted by atomic mass is 10.0. The molecule has 1 aliphatic rings. The summed E-state index contributed by atoms with van der Waals surface area (Å²) >= 11 is 3.35. The van der Waals surface area contributed by atoms with Crippen molar-refractivity contribution < 1.29 is 17.9 Å². The van der Waals surface area contributed by atoms with Crippen LogP contribution in [0.3, 0.4) is 0 Å². The van der Waals surface area contributed by atoms with Crippen LogP contribution in [0.25, 0.3) is 0 Å². The van der Waals surface area contributed by atoms with Crippen molar-refractivity contribution in [3.05, 3.63) is 82.8 Å². The molecule has 0 atom stereocenters. The molecule has 0 aromatic heterocycles. The Labute approximate surface area is 190 Å². The summed E-state index contributed by atoms with van der Waals surface area (Å²) in [5.41, 5.74) is 2.43. The Morgan fingerprint density at radius 2 is 1.81 bits per heavy atom. The molecule has 1 amide bonds. The molecule has 3 aromatic carbocycles. The molecular formula is C23H21BrN2O4S. The first-order valence-corrected chi connectivity index (χ1v) is 12.1. The van der Waals surface area contributed by atoms with Crippen molar-refractivity contribution in [2.75, 3.05) is 22.8 Å². The highest BCUT2D eigenvalue weighted by atomic mass is 79.9. The van der Waals surface area contributed by atoms with Gasteiger partial charge in [0, 0.05) is 16.7 Å². The number of carbonyl (C=O) groups excluding carboxylic acids is 1. The van der Waals surface area contributed by atoms with Gasteiger partial charge in [-0.05, 0) is 66.9 Å². The number of amides is 1. The molecule has 0 fully saturated rings. The number of hydrogen-bond donors (Lipinski definition) is 1. The van der Waals surface area contributed by atoms with Crippen LogP contribution in [0.1, 0.15) is 12.0 Å². The highest BCUT2D eigenvalue weighted by molar-refractivity contribution is 9.10. The van der Waals surface area contributed by atoms with Crippen molar-refractivity contribution in [2.45, 2.75) is 17.7 Å². The predicted octanol–water partition coefficient (Wildman–Crippen LogP) is 4.61. The maximum atomic E-state index is 13.2. The van der Waals surface area contributed by atoms with E-state index in [1.165, 1.54) is 16.4 Å². The molecule has 0 bridgehead atoms. The van der Waals surface area contributed by atoms with Gasteiger partial charge in [-0.25, -0.2) is 8.42 Å². The zero-order valence-electron chi connectivity index (χ0n) is 16.6. The van der Waals surface area contributed by atoms with Gasteiger partial charge >= 0.3 is 0 Å². The number of anilines is 2. The summed E-state index contributed by atoms with van der Waals surface area (Å²) in [6.07, 6.45) is 1.65. The molecular weight excluding hydrogens is 480 g/mol. The van der Waals surface area contributed by atoms with E-state index in [0.717, 1.165) is 28.6 Å². The topological polar surface area (TPSA) is 75.7 Å². The third-order valence-electron chi connectivity index (χ3n) is 4.96. The fourth-order valence-corrected chi connectivity index (χ4v) is 5.44. The fraction of sp³-hybridized carbons (Fsp3) is 0.174. The maximum Gasteiger partial charge on any atom is 0.264 e. The average Bonchev–Trinajstić information content (AvgIpc) is 2.77. The standard InChI is InChI=1S/C23H21BrN2O4S/c24-18-7-3-8-19(15-18)25-23(27)16-30-20-10-12-21(13-11-20)31(28,29)26-14-4-6-17-5-1-2-9-22(17)26/h1-3,5,7-13,15H,4,6,14,16H2,(H,25,27). The molecule has 0 unspecified atom stereocenters. The van der Waals surface area contributed by atoms with Gasteiger partial charge in [0.25, 0.3) is 15.9 Å². The number of benzene rings is 3. The van der Waals surface area contributed by atoms with Crippen molar-refractivity contribution in [3.8, 4) is 5.75 Å². The number of nitrogens with zero attached hydrogens (tertiary/aromatic N) is 1. The first kappa shape index (κ1) is 21.4. The van der Waals surface area contributed by atoms with E-state index in [9.17, 15) is 13.2 Å². The van der Waals surface area contributed by atoms with Gasteiger partial charge in [-0.2, -0.15) is 0 Å². The van der Waals surface area contributed by atoms with Crippen LogP contribution in [0.4, 0.5) is 11.4 Å². The van der Waals surface area contributed by atoms with Crippen molar-refractivity contribution in [1.29, 1.82) is 0 Å². The molecule has 0 aliphatic carbocycles. The number of hydrogen-bond acceptors (Lipinski definition) is 4. The summed E-state index contributed by atoms with van der Waals surface area (Å²) in [7, 11) is -3.67. The molecule has 1 aliphatic heterocycles. The van der Waals surface area contributed by atoms with Gasteiger partial charge in [0.15, 0.2) is 6.61 Å². The van der Waals surface area contributed by atoms with Crippen molar-refractivity contribution in [1.82, 2.24) is 0 Å². The number of para-hydroxylation sites is 1. The number of carbonyl (C=O) groups is 1. The van der Waals surface area contributed by atoms with Gasteiger partial charge in [-0.1, -0.05) is 40.2 Å². The summed E-state index contributed by atoms with van der Waals surface area (Å²) in [4.78, 5) is 12.3. The van der Waals surface area contributed by atoms with E-state index in [-0.39, 0.29) is 17.4 Å². The highest BCUT2D eigenvalue weighted by Crippen LogP contribution is 2.32. The minimum absolute atomic E-state index is 0.182. The van der Waals surface area contributed by atoms with Crippen molar-refractivity contribution in [2.24, 2.45) is 0 Å². The van der Waals surface area contributed by atoms with Gasteiger partial charge in [-0.15, -0.1) is 0 Å². The molecule has 6 nitrogen and oxygen atoms in total. The number of fused-ring (bicyclic) bond motifs is 1. The number of halogens is 1. The van der Waals surface area contributed by atoms with E-state index >= 15 is 0 Å². The van der Waals surface area contributed by atoms with Gasteiger partial charge in [0.05, 0.1) is 10.6 Å². The van der Waals surface area contributed by atoms with Crippen LogP contribution in [0.2, 0.25) is 0 Å². The number of ether oxygens (including phenoxy) is 1. The molecule has 0 saturated heterocycles. The lowest BCUT2D eigenvalue weighted by Gasteiger charge is -2.30. The number of sulfonamides is 1. The molecule has 0 radical (unpaired) electrons. The Morgan fingerprint density at radius 1 is 1.03 bits per heavy atom. The Balaban J connectivity index is 1.42. The Morgan fingerprint density at radius 3 is 2.58 bits per heavy atom. The van der Waals surface area contributed by atoms with E-state index < -0.39 is 10.0 Å². The molecule has 1 N–H and O–H groups in total. The maximum absolute atomic E-state index is 13.2. The first-order chi connectivity index (χ1) is 14.9. The van der Waals surface area contributed by atoms with Gasteiger partial charge in [0.1, 0.15) is 5.75 Å². The molecule has 8 heteroatoms. The molecule has 31 heavy (non-hydrogen) atoms. The number of nitrogens with one attached hydrogen (secondary N) is 1. The number of aryl methyl sites for hydroxylation is 1. The fourth-order valence-electron chi connectivity index (χ4n) is 3.50. The van der Waals surface area contributed by atoms with Crippen LogP contribution in [-0.4, -0.2) is 27.5 Å². The predicted molar refractivity (Wildman–Crippen MR) is 124 cm³/mol. The van der Waals surface area contributed by atoms with Crippen molar-refractivity contribution in [3.63, 3.8) is 0 Å². The Hall–Kier alpha value is -2.84. The average molecular weight is 501 g/mol. The van der Waals surface area contributed by atoms with Crippen molar-refractivity contribution >= 4 is 43.2 Å². The summed E-state index contributed by atoms with van der Waals surface area (Å²) in [5, 5.41) is 2.74. The first-order valence-electron chi connectivity index (χ1n) is 9.82. The van der Waals surface area contributed by atoms with Crippen LogP contribution in [0.5, 0.6) is 5.75 Å². The van der Waals surface area contributed by atoms with E-state index in [0.29, 0.717) is 18.0 Å². The molecule has 160 valence electrons. The van der Waals surface area contributed by atoms with Crippen LogP contribution >= 0.6 is 15.9 Å². The lowest BCUT2D eigenvalue weighted by molar-refractivity contribution is -0.118. The summed E-state index contributed by atoms with van der Waals surface area (Å²) in [6, 6.07) is 21.0. The Bertz CT molecular complexity index is 1200. The van der Waals surface area contributed by atoms with Crippen LogP contribution < -0.4 is 14.4 Å².